The highest BCUT2D eigenvalue weighted by Crippen LogP contribution is 2.68. The van der Waals surface area contributed by atoms with Gasteiger partial charge in [-0.1, -0.05) is 50.1 Å². The monoisotopic (exact) mass is 834 g/mol. The first kappa shape index (κ1) is 40.7. The number of aromatic amines is 1. The molecule has 6 heterocycles. The van der Waals surface area contributed by atoms with Crippen LogP contribution in [0.5, 0.6) is 5.75 Å². The van der Waals surface area contributed by atoms with Crippen molar-refractivity contribution in [3.63, 3.8) is 0 Å². The molecule has 0 amide bonds. The lowest BCUT2D eigenvalue weighted by molar-refractivity contribution is -0.228. The number of piperidine rings is 1. The molecule has 2 saturated heterocycles. The Labute approximate surface area is 358 Å². The predicted molar refractivity (Wildman–Crippen MR) is 231 cm³/mol. The molecule has 3 aromatic rings. The van der Waals surface area contributed by atoms with Crippen LogP contribution >= 0.6 is 0 Å². The van der Waals surface area contributed by atoms with Crippen LogP contribution in [0.25, 0.3) is 10.9 Å². The maximum atomic E-state index is 15.6. The minimum Gasteiger partial charge on any atom is -0.496 e. The lowest BCUT2D eigenvalue weighted by Gasteiger charge is -2.63. The van der Waals surface area contributed by atoms with Crippen molar-refractivity contribution >= 4 is 34.5 Å². The third-order valence-electron chi connectivity index (χ3n) is 17.0. The molecule has 2 N–H and O–H groups in total. The molecule has 2 aliphatic carbocycles. The molecule has 7 aliphatic rings. The van der Waals surface area contributed by atoms with Crippen LogP contribution in [0.1, 0.15) is 87.6 Å². The molecule has 12 heteroatoms. The number of nitrogens with one attached hydrogen (secondary N) is 1. The summed E-state index contributed by atoms with van der Waals surface area (Å²) in [5, 5.41) is 14.5. The normalized spacial score (nSPS) is 37.4. The molecule has 1 aromatic heterocycles. The molecule has 326 valence electrons. The maximum Gasteiger partial charge on any atom is 0.344 e. The van der Waals surface area contributed by atoms with Crippen LogP contribution in [0.15, 0.2) is 48.6 Å². The SMILES string of the molecule is CC[C@]12C=CCN3CC[C@@]4(c5cc([C@@]6(C(=O)OC)C[C@H]7CN(CCCc8c6[nH]c6ccccc86)C[C@H]6CCCC[C@@H]67)c(OC)cc5N(C)[C@H]4[C@@](O)(C(=O)OC)[C@@H]1OC(C)=O)[C@@H]32. The molecule has 12 nitrogen and oxygen atoms in total. The van der Waals surface area contributed by atoms with Crippen molar-refractivity contribution < 1.29 is 38.4 Å². The van der Waals surface area contributed by atoms with Crippen LogP contribution < -0.4 is 9.64 Å². The number of H-pyrrole nitrogens is 1. The number of aromatic nitrogens is 1. The van der Waals surface area contributed by atoms with Crippen LogP contribution in [0.2, 0.25) is 0 Å². The smallest absolute Gasteiger partial charge is 0.344 e. The van der Waals surface area contributed by atoms with E-state index in [1.54, 1.807) is 7.11 Å². The lowest BCUT2D eigenvalue weighted by Crippen LogP contribution is -2.81. The Balaban J connectivity index is 1.28. The molecular formula is C49H62N4O8. The van der Waals surface area contributed by atoms with Gasteiger partial charge in [-0.3, -0.25) is 14.5 Å². The number of esters is 3. The highest BCUT2D eigenvalue weighted by Gasteiger charge is 2.80. The fourth-order valence-electron chi connectivity index (χ4n) is 15.0. The molecule has 5 aliphatic heterocycles. The van der Waals surface area contributed by atoms with Crippen molar-refractivity contribution in [1.29, 1.82) is 0 Å². The van der Waals surface area contributed by atoms with Crippen LogP contribution in [-0.2, 0) is 45.8 Å². The van der Waals surface area contributed by atoms with E-state index >= 15 is 4.79 Å². The number of fused-ring (bicyclic) bond motifs is 8. The first-order valence-electron chi connectivity index (χ1n) is 22.7. The Morgan fingerprint density at radius 3 is 2.46 bits per heavy atom. The Bertz CT molecular complexity index is 2310. The average molecular weight is 835 g/mol. The molecule has 11 atom stereocenters. The number of carbonyl (C=O) groups excluding carboxylic acids is 3. The predicted octanol–water partition coefficient (Wildman–Crippen LogP) is 5.66. The summed E-state index contributed by atoms with van der Waals surface area (Å²) in [6.45, 7) is 7.79. The average Bonchev–Trinajstić information content (AvgIpc) is 3.93. The Hall–Kier alpha value is -4.39. The molecule has 0 radical (unpaired) electrons. The van der Waals surface area contributed by atoms with Gasteiger partial charge in [0.2, 0.25) is 5.60 Å². The number of hydrogen-bond donors (Lipinski definition) is 2. The number of methoxy groups -OCH3 is 3. The van der Waals surface area contributed by atoms with Gasteiger partial charge in [0.1, 0.15) is 11.2 Å². The lowest BCUT2D eigenvalue weighted by atomic mass is 9.47. The number of aryl methyl sites for hydroxylation is 1. The van der Waals surface area contributed by atoms with E-state index in [0.29, 0.717) is 49.9 Å². The van der Waals surface area contributed by atoms with E-state index in [1.165, 1.54) is 40.4 Å². The van der Waals surface area contributed by atoms with E-state index in [2.05, 4.69) is 51.2 Å². The van der Waals surface area contributed by atoms with Gasteiger partial charge in [0.15, 0.2) is 6.10 Å². The summed E-state index contributed by atoms with van der Waals surface area (Å²) >= 11 is 0. The third kappa shape index (κ3) is 5.36. The summed E-state index contributed by atoms with van der Waals surface area (Å²) in [7, 11) is 6.36. The molecule has 10 rings (SSSR count). The van der Waals surface area contributed by atoms with Crippen molar-refractivity contribution in [2.45, 2.75) is 106 Å². The second kappa shape index (κ2) is 14.6. The topological polar surface area (TPSA) is 134 Å². The number of aliphatic hydroxyl groups is 1. The Kier molecular flexibility index (Phi) is 9.73. The van der Waals surface area contributed by atoms with Crippen molar-refractivity contribution in [3.05, 3.63) is 70.9 Å². The third-order valence-corrected chi connectivity index (χ3v) is 17.0. The number of rotatable bonds is 6. The number of likely N-dealkylation sites (N-methyl/N-ethyl adjacent to an activating group) is 1. The quantitative estimate of drug-likeness (QED) is 0.181. The zero-order valence-electron chi connectivity index (χ0n) is 36.6. The van der Waals surface area contributed by atoms with E-state index in [0.717, 1.165) is 77.9 Å². The zero-order chi connectivity index (χ0) is 42.6. The van der Waals surface area contributed by atoms with Gasteiger partial charge in [0, 0.05) is 84.4 Å². The van der Waals surface area contributed by atoms with Crippen molar-refractivity contribution in [2.75, 3.05) is 66.0 Å². The van der Waals surface area contributed by atoms with Crippen LogP contribution in [-0.4, -0.2) is 123 Å². The van der Waals surface area contributed by atoms with Crippen LogP contribution in [0.4, 0.5) is 5.69 Å². The minimum atomic E-state index is -2.27. The summed E-state index contributed by atoms with van der Waals surface area (Å²) in [4.78, 5) is 54.1. The van der Waals surface area contributed by atoms with E-state index in [1.807, 2.05) is 31.0 Å². The molecule has 2 saturated carbocycles. The number of benzene rings is 2. The van der Waals surface area contributed by atoms with Crippen molar-refractivity contribution in [2.24, 2.45) is 23.2 Å². The molecule has 1 unspecified atom stereocenters. The zero-order valence-corrected chi connectivity index (χ0v) is 36.6. The maximum absolute atomic E-state index is 15.6. The molecule has 2 aromatic carbocycles. The first-order valence-corrected chi connectivity index (χ1v) is 22.7. The van der Waals surface area contributed by atoms with Gasteiger partial charge in [-0.15, -0.1) is 0 Å². The number of carbonyl (C=O) groups is 3. The highest BCUT2D eigenvalue weighted by molar-refractivity contribution is 5.95. The van der Waals surface area contributed by atoms with Crippen molar-refractivity contribution in [1.82, 2.24) is 14.8 Å². The van der Waals surface area contributed by atoms with Gasteiger partial charge >= 0.3 is 17.9 Å². The van der Waals surface area contributed by atoms with Gasteiger partial charge in [-0.2, -0.15) is 0 Å². The second-order valence-corrected chi connectivity index (χ2v) is 19.4. The molecule has 2 bridgehead atoms. The van der Waals surface area contributed by atoms with Crippen LogP contribution in [0, 0.1) is 23.2 Å². The second-order valence-electron chi connectivity index (χ2n) is 19.4. The minimum absolute atomic E-state index is 0.212. The fraction of sp³-hybridized carbons (Fsp3) is 0.612. The van der Waals surface area contributed by atoms with Gasteiger partial charge in [0.05, 0.1) is 27.4 Å². The number of nitrogens with zero attached hydrogens (tertiary/aromatic N) is 3. The number of hydrogen-bond acceptors (Lipinski definition) is 11. The van der Waals surface area contributed by atoms with E-state index in [-0.39, 0.29) is 17.9 Å². The summed E-state index contributed by atoms with van der Waals surface area (Å²) < 4.78 is 24.3. The number of ether oxygens (including phenoxy) is 4. The Morgan fingerprint density at radius 2 is 1.70 bits per heavy atom. The summed E-state index contributed by atoms with van der Waals surface area (Å²) in [5.74, 6) is 0.0561. The summed E-state index contributed by atoms with van der Waals surface area (Å²) in [5.41, 5.74) is 0.0712. The van der Waals surface area contributed by atoms with E-state index in [9.17, 15) is 14.7 Å². The largest absolute Gasteiger partial charge is 0.496 e. The molecular weight excluding hydrogens is 773 g/mol. The standard InChI is InChI=1S/C49H62N4O8/c1-7-46-19-13-22-53-23-20-47(41(46)53)35-24-36(39(58-4)25-38(35)51(3)42(47)49(57,45(56)60-6)43(46)61-29(2)54)48(44(55)59-5)26-31-28-52(27-30-14-8-9-15-32(30)31)21-12-17-34-33-16-10-11-18-37(33)50-40(34)48/h10-11,13,16,18-19,24-25,30-32,41-43,50,57H,7-9,12,14-15,17,20-23,26-28H2,1-6H3/t30-,31+,32+,41+,42-,43-,46-,47-,48+,49+/m1/s1. The van der Waals surface area contributed by atoms with Gasteiger partial charge < -0.3 is 38.8 Å². The molecule has 1 spiro atoms. The first-order chi connectivity index (χ1) is 29.4. The van der Waals surface area contributed by atoms with Crippen molar-refractivity contribution in [3.8, 4) is 5.75 Å². The Morgan fingerprint density at radius 1 is 0.934 bits per heavy atom. The summed E-state index contributed by atoms with van der Waals surface area (Å²) in [6.07, 6.45) is 11.1. The summed E-state index contributed by atoms with van der Waals surface area (Å²) in [6, 6.07) is 11.5. The molecule has 4 fully saturated rings. The van der Waals surface area contributed by atoms with Gasteiger partial charge in [-0.25, -0.2) is 4.79 Å². The fourth-order valence-corrected chi connectivity index (χ4v) is 15.0. The van der Waals surface area contributed by atoms with E-state index in [4.69, 9.17) is 18.9 Å². The van der Waals surface area contributed by atoms with E-state index < -0.39 is 45.9 Å². The molecule has 61 heavy (non-hydrogen) atoms. The van der Waals surface area contributed by atoms with Gasteiger partial charge in [0.25, 0.3) is 0 Å². The number of para-hydroxylation sites is 1. The number of anilines is 1. The van der Waals surface area contributed by atoms with Crippen LogP contribution in [0.3, 0.4) is 0 Å². The highest BCUT2D eigenvalue weighted by atomic mass is 16.6. The van der Waals surface area contributed by atoms with Gasteiger partial charge in [-0.05, 0) is 99.0 Å².